The van der Waals surface area contributed by atoms with Crippen LogP contribution in [0.4, 0.5) is 0 Å². The van der Waals surface area contributed by atoms with Crippen LogP contribution < -0.4 is 4.74 Å². The molecule has 0 amide bonds. The van der Waals surface area contributed by atoms with E-state index in [-0.39, 0.29) is 0 Å². The third-order valence-corrected chi connectivity index (χ3v) is 1.55. The van der Waals surface area contributed by atoms with Gasteiger partial charge in [-0.05, 0) is 18.2 Å². The van der Waals surface area contributed by atoms with E-state index in [1.165, 1.54) is 13.2 Å². The van der Waals surface area contributed by atoms with Crippen molar-refractivity contribution < 1.29 is 14.3 Å². The number of hydrogen-bond acceptors (Lipinski definition) is 3. The molecule has 1 aromatic carbocycles. The van der Waals surface area contributed by atoms with Crippen molar-refractivity contribution in [2.45, 2.75) is 0 Å². The molecular weight excluding hydrogens is 156 g/mol. The molecule has 0 aliphatic carbocycles. The Hall–Kier alpha value is -1.64. The van der Waals surface area contributed by atoms with Crippen molar-refractivity contribution in [1.29, 1.82) is 0 Å². The van der Waals surface area contributed by atoms with Crippen LogP contribution in [0.3, 0.4) is 0 Å². The van der Waals surface area contributed by atoms with Gasteiger partial charge in [0.2, 0.25) is 0 Å². The molecule has 0 bridgehead atoms. The number of rotatable bonds is 3. The van der Waals surface area contributed by atoms with E-state index in [1.807, 2.05) is 0 Å². The molecule has 0 N–H and O–H groups in total. The molecule has 0 unspecified atom stereocenters. The first-order chi connectivity index (χ1) is 5.81. The second-order valence-electron chi connectivity index (χ2n) is 2.23. The Morgan fingerprint density at radius 2 is 1.83 bits per heavy atom. The summed E-state index contributed by atoms with van der Waals surface area (Å²) in [4.78, 5) is 20.8. The third kappa shape index (κ3) is 1.50. The van der Waals surface area contributed by atoms with Crippen LogP contribution in [0.15, 0.2) is 18.2 Å². The van der Waals surface area contributed by atoms with E-state index in [1.54, 1.807) is 12.1 Å². The average molecular weight is 164 g/mol. The summed E-state index contributed by atoms with van der Waals surface area (Å²) < 4.78 is 4.88. The Balaban J connectivity index is 3.18. The first kappa shape index (κ1) is 8.46. The van der Waals surface area contributed by atoms with E-state index in [4.69, 9.17) is 4.74 Å². The maximum atomic E-state index is 10.4. The zero-order valence-corrected chi connectivity index (χ0v) is 6.61. The van der Waals surface area contributed by atoms with Crippen molar-refractivity contribution in [1.82, 2.24) is 0 Å². The van der Waals surface area contributed by atoms with Gasteiger partial charge in [-0.15, -0.1) is 0 Å². The molecular formula is C9H8O3. The molecule has 0 spiro atoms. The summed E-state index contributed by atoms with van der Waals surface area (Å²) >= 11 is 0. The normalized spacial score (nSPS) is 9.08. The van der Waals surface area contributed by atoms with Gasteiger partial charge in [0.25, 0.3) is 0 Å². The second kappa shape index (κ2) is 3.67. The predicted molar refractivity (Wildman–Crippen MR) is 43.8 cm³/mol. The van der Waals surface area contributed by atoms with Crippen molar-refractivity contribution in [2.24, 2.45) is 0 Å². The summed E-state index contributed by atoms with van der Waals surface area (Å²) in [5, 5.41) is 0. The minimum absolute atomic E-state index is 0.351. The molecule has 62 valence electrons. The summed E-state index contributed by atoms with van der Waals surface area (Å²) in [5.74, 6) is 0.572. The van der Waals surface area contributed by atoms with Crippen molar-refractivity contribution in [3.8, 4) is 5.75 Å². The van der Waals surface area contributed by atoms with Gasteiger partial charge in [-0.2, -0.15) is 0 Å². The Labute approximate surface area is 70.0 Å². The number of carbonyl (C=O) groups is 2. The number of carbonyl (C=O) groups excluding carboxylic acids is 2. The highest BCUT2D eigenvalue weighted by Gasteiger charge is 2.01. The molecule has 0 heterocycles. The van der Waals surface area contributed by atoms with E-state index >= 15 is 0 Å². The lowest BCUT2D eigenvalue weighted by molar-refractivity contribution is 0.109. The van der Waals surface area contributed by atoms with Gasteiger partial charge in [0.1, 0.15) is 5.75 Å². The van der Waals surface area contributed by atoms with Crippen LogP contribution >= 0.6 is 0 Å². The van der Waals surface area contributed by atoms with Gasteiger partial charge in [-0.25, -0.2) is 0 Å². The lowest BCUT2D eigenvalue weighted by Crippen LogP contribution is -1.92. The van der Waals surface area contributed by atoms with Gasteiger partial charge in [0, 0.05) is 11.1 Å². The van der Waals surface area contributed by atoms with Crippen LogP contribution in [0.1, 0.15) is 20.7 Å². The fourth-order valence-corrected chi connectivity index (χ4v) is 0.889. The fourth-order valence-electron chi connectivity index (χ4n) is 0.889. The van der Waals surface area contributed by atoms with Crippen LogP contribution in [0, 0.1) is 0 Å². The smallest absolute Gasteiger partial charge is 0.150 e. The highest BCUT2D eigenvalue weighted by atomic mass is 16.5. The van der Waals surface area contributed by atoms with E-state index in [0.29, 0.717) is 29.4 Å². The Bertz CT molecular complexity index is 305. The Kier molecular flexibility index (Phi) is 2.58. The van der Waals surface area contributed by atoms with Gasteiger partial charge < -0.3 is 4.74 Å². The molecule has 0 aliphatic rings. The van der Waals surface area contributed by atoms with Crippen LogP contribution in [-0.4, -0.2) is 19.7 Å². The van der Waals surface area contributed by atoms with Gasteiger partial charge in [-0.1, -0.05) is 0 Å². The molecule has 0 aliphatic heterocycles. The largest absolute Gasteiger partial charge is 0.497 e. The molecule has 0 atom stereocenters. The summed E-state index contributed by atoms with van der Waals surface area (Å²) in [7, 11) is 1.50. The lowest BCUT2D eigenvalue weighted by Gasteiger charge is -2.00. The molecule has 3 nitrogen and oxygen atoms in total. The lowest BCUT2D eigenvalue weighted by atomic mass is 10.1. The monoisotopic (exact) mass is 164 g/mol. The van der Waals surface area contributed by atoms with Crippen molar-refractivity contribution in [3.05, 3.63) is 29.3 Å². The Morgan fingerprint density at radius 1 is 1.17 bits per heavy atom. The first-order valence-electron chi connectivity index (χ1n) is 3.40. The highest BCUT2D eigenvalue weighted by Crippen LogP contribution is 2.14. The topological polar surface area (TPSA) is 43.4 Å². The number of hydrogen-bond donors (Lipinski definition) is 0. The maximum absolute atomic E-state index is 10.4. The maximum Gasteiger partial charge on any atom is 0.150 e. The number of methoxy groups -OCH3 is 1. The fraction of sp³-hybridized carbons (Fsp3) is 0.111. The third-order valence-electron chi connectivity index (χ3n) is 1.55. The highest BCUT2D eigenvalue weighted by molar-refractivity contribution is 5.90. The summed E-state index contributed by atoms with van der Waals surface area (Å²) in [6.45, 7) is 0. The summed E-state index contributed by atoms with van der Waals surface area (Å²) in [5.41, 5.74) is 0.732. The second-order valence-corrected chi connectivity index (χ2v) is 2.23. The van der Waals surface area contributed by atoms with Crippen LogP contribution in [0.5, 0.6) is 5.75 Å². The van der Waals surface area contributed by atoms with Crippen molar-refractivity contribution in [2.75, 3.05) is 7.11 Å². The Morgan fingerprint density at radius 3 is 2.33 bits per heavy atom. The first-order valence-corrected chi connectivity index (χ1v) is 3.40. The van der Waals surface area contributed by atoms with Gasteiger partial charge in [-0.3, -0.25) is 9.59 Å². The van der Waals surface area contributed by atoms with Crippen LogP contribution in [0.2, 0.25) is 0 Å². The zero-order valence-electron chi connectivity index (χ0n) is 6.61. The minimum atomic E-state index is 0.351. The SMILES string of the molecule is COc1ccc(C=O)c(C=O)c1. The summed E-state index contributed by atoms with van der Waals surface area (Å²) in [6, 6.07) is 4.71. The van der Waals surface area contributed by atoms with Crippen molar-refractivity contribution >= 4 is 12.6 Å². The molecule has 0 fully saturated rings. The quantitative estimate of drug-likeness (QED) is 0.633. The van der Waals surface area contributed by atoms with Gasteiger partial charge in [0.15, 0.2) is 12.6 Å². The molecule has 12 heavy (non-hydrogen) atoms. The van der Waals surface area contributed by atoms with Gasteiger partial charge in [0.05, 0.1) is 7.11 Å². The molecule has 3 heteroatoms. The summed E-state index contributed by atoms with van der Waals surface area (Å²) in [6.07, 6.45) is 1.27. The van der Waals surface area contributed by atoms with E-state index in [0.717, 1.165) is 0 Å². The van der Waals surface area contributed by atoms with E-state index in [9.17, 15) is 9.59 Å². The van der Waals surface area contributed by atoms with Crippen LogP contribution in [0.25, 0.3) is 0 Å². The minimum Gasteiger partial charge on any atom is -0.497 e. The molecule has 0 saturated carbocycles. The molecule has 0 radical (unpaired) electrons. The molecule has 1 aromatic rings. The zero-order chi connectivity index (χ0) is 8.97. The standard InChI is InChI=1S/C9H8O3/c1-12-9-3-2-7(5-10)8(4-9)6-11/h2-6H,1H3. The molecule has 1 rings (SSSR count). The molecule has 0 saturated heterocycles. The van der Waals surface area contributed by atoms with Crippen LogP contribution in [-0.2, 0) is 0 Å². The number of aldehydes is 2. The predicted octanol–water partition coefficient (Wildman–Crippen LogP) is 1.32. The number of benzene rings is 1. The number of ether oxygens (including phenoxy) is 1. The van der Waals surface area contributed by atoms with Crippen molar-refractivity contribution in [3.63, 3.8) is 0 Å². The van der Waals surface area contributed by atoms with E-state index < -0.39 is 0 Å². The van der Waals surface area contributed by atoms with E-state index in [2.05, 4.69) is 0 Å². The average Bonchev–Trinajstić information content (AvgIpc) is 2.16. The molecule has 0 aromatic heterocycles. The van der Waals surface area contributed by atoms with Gasteiger partial charge >= 0.3 is 0 Å².